The molecule has 1 aliphatic rings. The molecule has 0 aliphatic carbocycles. The number of benzene rings is 1. The molecule has 0 unspecified atom stereocenters. The fraction of sp³-hybridized carbons (Fsp3) is 0.333. The van der Waals surface area contributed by atoms with Gasteiger partial charge in [-0.25, -0.2) is 13.1 Å². The number of hydrogen-bond acceptors (Lipinski definition) is 5. The van der Waals surface area contributed by atoms with Gasteiger partial charge >= 0.3 is 0 Å². The van der Waals surface area contributed by atoms with Crippen LogP contribution in [0, 0.1) is 0 Å². The van der Waals surface area contributed by atoms with Crippen LogP contribution in [0.3, 0.4) is 0 Å². The molecular formula is C18H21N3O4S. The van der Waals surface area contributed by atoms with Crippen LogP contribution in [0.1, 0.15) is 18.1 Å². The highest BCUT2D eigenvalue weighted by Gasteiger charge is 2.25. The Bertz CT molecular complexity index is 828. The first-order valence-electron chi connectivity index (χ1n) is 8.40. The second-order valence-electron chi connectivity index (χ2n) is 5.95. The molecule has 2 heterocycles. The van der Waals surface area contributed by atoms with Crippen molar-refractivity contribution in [1.82, 2.24) is 14.6 Å². The Labute approximate surface area is 153 Å². The predicted molar refractivity (Wildman–Crippen MR) is 95.8 cm³/mol. The zero-order chi connectivity index (χ0) is 18.4. The Morgan fingerprint density at radius 1 is 1.23 bits per heavy atom. The van der Waals surface area contributed by atoms with Crippen LogP contribution in [0.2, 0.25) is 0 Å². The van der Waals surface area contributed by atoms with Crippen LogP contribution in [0.25, 0.3) is 0 Å². The van der Waals surface area contributed by atoms with Crippen molar-refractivity contribution in [1.29, 1.82) is 0 Å². The monoisotopic (exact) mass is 375 g/mol. The molecule has 8 heteroatoms. The molecule has 138 valence electrons. The molecule has 1 aliphatic heterocycles. The average Bonchev–Trinajstić information content (AvgIpc) is 2.69. The minimum atomic E-state index is -3.65. The largest absolute Gasteiger partial charge is 0.370 e. The molecule has 1 aromatic carbocycles. The van der Waals surface area contributed by atoms with E-state index < -0.39 is 10.0 Å². The summed E-state index contributed by atoms with van der Waals surface area (Å²) in [6, 6.07) is 12.8. The lowest BCUT2D eigenvalue weighted by Crippen LogP contribution is -2.43. The lowest BCUT2D eigenvalue weighted by atomic mass is 10.1. The lowest BCUT2D eigenvalue weighted by molar-refractivity contribution is -0.138. The number of hydrogen-bond donors (Lipinski definition) is 1. The third-order valence-electron chi connectivity index (χ3n) is 4.17. The average molecular weight is 375 g/mol. The van der Waals surface area contributed by atoms with Crippen molar-refractivity contribution >= 4 is 15.9 Å². The van der Waals surface area contributed by atoms with Gasteiger partial charge < -0.3 is 9.64 Å². The molecule has 1 N–H and O–H groups in total. The van der Waals surface area contributed by atoms with Gasteiger partial charge in [-0.1, -0.05) is 30.3 Å². The van der Waals surface area contributed by atoms with Crippen molar-refractivity contribution in [3.63, 3.8) is 0 Å². The summed E-state index contributed by atoms with van der Waals surface area (Å²) in [4.78, 5) is 18.0. The highest BCUT2D eigenvalue weighted by molar-refractivity contribution is 7.89. The summed E-state index contributed by atoms with van der Waals surface area (Å²) < 4.78 is 32.5. The first-order chi connectivity index (χ1) is 12.6. The molecular weight excluding hydrogens is 354 g/mol. The van der Waals surface area contributed by atoms with E-state index in [1.165, 1.54) is 18.5 Å². The van der Waals surface area contributed by atoms with Crippen LogP contribution >= 0.6 is 0 Å². The zero-order valence-electron chi connectivity index (χ0n) is 14.2. The van der Waals surface area contributed by atoms with Gasteiger partial charge in [0.1, 0.15) is 11.0 Å². The van der Waals surface area contributed by atoms with Gasteiger partial charge in [-0.2, -0.15) is 0 Å². The number of nitrogens with one attached hydrogen (secondary N) is 1. The van der Waals surface area contributed by atoms with Gasteiger partial charge in [0.15, 0.2) is 0 Å². The lowest BCUT2D eigenvalue weighted by Gasteiger charge is -2.33. The van der Waals surface area contributed by atoms with Crippen LogP contribution < -0.4 is 4.72 Å². The molecule has 0 spiro atoms. The SMILES string of the molecule is O=C(CCNS(=O)(=O)c1cccnc1)N1CCO[C@H](c2ccccc2)C1. The maximum atomic E-state index is 12.4. The van der Waals surface area contributed by atoms with Gasteiger partial charge in [-0.3, -0.25) is 9.78 Å². The summed E-state index contributed by atoms with van der Waals surface area (Å²) >= 11 is 0. The van der Waals surface area contributed by atoms with Gasteiger partial charge in [0.2, 0.25) is 15.9 Å². The van der Waals surface area contributed by atoms with E-state index in [1.807, 2.05) is 30.3 Å². The van der Waals surface area contributed by atoms with Crippen molar-refractivity contribution < 1.29 is 17.9 Å². The highest BCUT2D eigenvalue weighted by Crippen LogP contribution is 2.22. The Balaban J connectivity index is 1.52. The van der Waals surface area contributed by atoms with Gasteiger partial charge in [0, 0.05) is 31.9 Å². The maximum Gasteiger partial charge on any atom is 0.242 e. The first kappa shape index (κ1) is 18.5. The van der Waals surface area contributed by atoms with E-state index in [0.717, 1.165) is 5.56 Å². The summed E-state index contributed by atoms with van der Waals surface area (Å²) in [7, 11) is -3.65. The van der Waals surface area contributed by atoms with Gasteiger partial charge in [-0.05, 0) is 17.7 Å². The summed E-state index contributed by atoms with van der Waals surface area (Å²) in [6.45, 7) is 1.49. The summed E-state index contributed by atoms with van der Waals surface area (Å²) in [5, 5.41) is 0. The topological polar surface area (TPSA) is 88.6 Å². The quantitative estimate of drug-likeness (QED) is 0.823. The minimum Gasteiger partial charge on any atom is -0.370 e. The number of nitrogens with zero attached hydrogens (tertiary/aromatic N) is 2. The van der Waals surface area contributed by atoms with Crippen molar-refractivity contribution in [2.24, 2.45) is 0 Å². The van der Waals surface area contributed by atoms with E-state index in [1.54, 1.807) is 11.0 Å². The normalized spacial score (nSPS) is 17.8. The third kappa shape index (κ3) is 4.66. The molecule has 2 aromatic rings. The highest BCUT2D eigenvalue weighted by atomic mass is 32.2. The van der Waals surface area contributed by atoms with Gasteiger partial charge in [0.25, 0.3) is 0 Å². The Morgan fingerprint density at radius 3 is 2.77 bits per heavy atom. The number of amides is 1. The number of morpholine rings is 1. The number of sulfonamides is 1. The number of carbonyl (C=O) groups is 1. The predicted octanol–water partition coefficient (Wildman–Crippen LogP) is 1.35. The van der Waals surface area contributed by atoms with Crippen LogP contribution in [0.5, 0.6) is 0 Å². The minimum absolute atomic E-state index is 0.0451. The second kappa shape index (κ2) is 8.39. The molecule has 1 fully saturated rings. The Morgan fingerprint density at radius 2 is 2.04 bits per heavy atom. The maximum absolute atomic E-state index is 12.4. The number of ether oxygens (including phenoxy) is 1. The fourth-order valence-electron chi connectivity index (χ4n) is 2.78. The molecule has 0 saturated carbocycles. The second-order valence-corrected chi connectivity index (χ2v) is 7.71. The molecule has 1 atom stereocenters. The van der Waals surface area contributed by atoms with Crippen molar-refractivity contribution in [2.75, 3.05) is 26.2 Å². The van der Waals surface area contributed by atoms with Crippen molar-refractivity contribution in [3.8, 4) is 0 Å². The third-order valence-corrected chi connectivity index (χ3v) is 5.61. The number of carbonyl (C=O) groups excluding carboxylic acids is 1. The molecule has 0 radical (unpaired) electrons. The number of aromatic nitrogens is 1. The van der Waals surface area contributed by atoms with Gasteiger partial charge in [-0.15, -0.1) is 0 Å². The van der Waals surface area contributed by atoms with E-state index in [4.69, 9.17) is 4.74 Å². The smallest absolute Gasteiger partial charge is 0.242 e. The summed E-state index contributed by atoms with van der Waals surface area (Å²) in [6.07, 6.45) is 2.72. The van der Waals surface area contributed by atoms with Crippen molar-refractivity contribution in [3.05, 3.63) is 60.4 Å². The Kier molecular flexibility index (Phi) is 5.97. The summed E-state index contributed by atoms with van der Waals surface area (Å²) in [5.41, 5.74) is 1.03. The van der Waals surface area contributed by atoms with E-state index in [-0.39, 0.29) is 29.9 Å². The molecule has 0 bridgehead atoms. The van der Waals surface area contributed by atoms with Crippen molar-refractivity contribution in [2.45, 2.75) is 17.4 Å². The molecule has 1 aromatic heterocycles. The molecule has 26 heavy (non-hydrogen) atoms. The van der Waals surface area contributed by atoms with E-state index >= 15 is 0 Å². The Hall–Kier alpha value is -2.29. The van der Waals surface area contributed by atoms with Crippen LogP contribution in [-0.2, 0) is 19.6 Å². The van der Waals surface area contributed by atoms with Crippen LogP contribution in [-0.4, -0.2) is 50.5 Å². The standard InChI is InChI=1S/C18H21N3O4S/c22-18(8-10-20-26(23,24)16-7-4-9-19-13-16)21-11-12-25-17(14-21)15-5-2-1-3-6-15/h1-7,9,13,17,20H,8,10-12,14H2/t17-/m0/s1. The van der Waals surface area contributed by atoms with Crippen LogP contribution in [0.4, 0.5) is 0 Å². The van der Waals surface area contributed by atoms with Gasteiger partial charge in [0.05, 0.1) is 13.2 Å². The zero-order valence-corrected chi connectivity index (χ0v) is 15.1. The molecule has 7 nitrogen and oxygen atoms in total. The fourth-order valence-corrected chi connectivity index (χ4v) is 3.78. The molecule has 1 amide bonds. The van der Waals surface area contributed by atoms with Crippen LogP contribution in [0.15, 0.2) is 59.8 Å². The summed E-state index contributed by atoms with van der Waals surface area (Å²) in [5.74, 6) is -0.0943. The number of rotatable bonds is 6. The molecule has 3 rings (SSSR count). The van der Waals surface area contributed by atoms with E-state index in [0.29, 0.717) is 19.7 Å². The first-order valence-corrected chi connectivity index (χ1v) is 9.88. The number of pyridine rings is 1. The van der Waals surface area contributed by atoms with E-state index in [2.05, 4.69) is 9.71 Å². The molecule has 1 saturated heterocycles. The van der Waals surface area contributed by atoms with E-state index in [9.17, 15) is 13.2 Å².